The van der Waals surface area contributed by atoms with Gasteiger partial charge in [-0.2, -0.15) is 10.1 Å². The SMILES string of the molecule is CSc1ccc(-c2noc(-c3cc4n(n3)CC(c3ccc(Cl)cc3)OC4)n2)cc1. The van der Waals surface area contributed by atoms with Crippen LogP contribution in [0.3, 0.4) is 0 Å². The van der Waals surface area contributed by atoms with Crippen LogP contribution in [0.5, 0.6) is 0 Å². The van der Waals surface area contributed by atoms with Crippen LogP contribution in [-0.4, -0.2) is 26.2 Å². The summed E-state index contributed by atoms with van der Waals surface area (Å²) in [6.45, 7) is 1.09. The minimum Gasteiger partial charge on any atom is -0.365 e. The Morgan fingerprint density at radius 1 is 1.10 bits per heavy atom. The predicted molar refractivity (Wildman–Crippen MR) is 112 cm³/mol. The third kappa shape index (κ3) is 3.69. The third-order valence-electron chi connectivity index (χ3n) is 4.87. The second kappa shape index (κ2) is 7.67. The van der Waals surface area contributed by atoms with Gasteiger partial charge in [0.25, 0.3) is 5.89 Å². The molecule has 8 heteroatoms. The summed E-state index contributed by atoms with van der Waals surface area (Å²) < 4.78 is 13.4. The summed E-state index contributed by atoms with van der Waals surface area (Å²) in [5.74, 6) is 0.952. The minimum absolute atomic E-state index is 0.0688. The van der Waals surface area contributed by atoms with Crippen molar-refractivity contribution in [2.75, 3.05) is 6.26 Å². The number of benzene rings is 2. The third-order valence-corrected chi connectivity index (χ3v) is 5.87. The summed E-state index contributed by atoms with van der Waals surface area (Å²) in [7, 11) is 0. The molecule has 0 spiro atoms. The molecule has 0 bridgehead atoms. The van der Waals surface area contributed by atoms with E-state index < -0.39 is 0 Å². The van der Waals surface area contributed by atoms with Crippen molar-refractivity contribution in [1.82, 2.24) is 19.9 Å². The van der Waals surface area contributed by atoms with Crippen LogP contribution in [-0.2, 0) is 17.9 Å². The van der Waals surface area contributed by atoms with Crippen molar-refractivity contribution in [2.24, 2.45) is 0 Å². The molecule has 0 saturated heterocycles. The van der Waals surface area contributed by atoms with Gasteiger partial charge in [-0.1, -0.05) is 28.9 Å². The van der Waals surface area contributed by atoms with Crippen LogP contribution >= 0.6 is 23.4 Å². The number of hydrogen-bond acceptors (Lipinski definition) is 6. The molecule has 0 saturated carbocycles. The molecule has 4 aromatic rings. The largest absolute Gasteiger partial charge is 0.365 e. The zero-order chi connectivity index (χ0) is 19.8. The lowest BCUT2D eigenvalue weighted by molar-refractivity contribution is -0.00112. The van der Waals surface area contributed by atoms with E-state index in [1.807, 2.05) is 65.5 Å². The number of rotatable bonds is 4. The van der Waals surface area contributed by atoms with Crippen LogP contribution in [0, 0.1) is 0 Å². The highest BCUT2D eigenvalue weighted by Crippen LogP contribution is 2.30. The maximum atomic E-state index is 6.00. The van der Waals surface area contributed by atoms with Gasteiger partial charge >= 0.3 is 0 Å². The standard InChI is InChI=1S/C21H17ClN4O2S/c1-29-17-8-4-14(5-9-17)20-23-21(28-25-20)18-10-16-12-27-19(11-26(16)24-18)13-2-6-15(22)7-3-13/h2-10,19H,11-12H2,1H3. The van der Waals surface area contributed by atoms with Crippen LogP contribution in [0.2, 0.25) is 5.02 Å². The van der Waals surface area contributed by atoms with E-state index in [1.54, 1.807) is 11.8 Å². The zero-order valence-corrected chi connectivity index (χ0v) is 17.2. The number of thioether (sulfide) groups is 1. The van der Waals surface area contributed by atoms with E-state index in [0.29, 0.717) is 35.6 Å². The highest BCUT2D eigenvalue weighted by atomic mass is 35.5. The fraction of sp³-hybridized carbons (Fsp3) is 0.190. The van der Waals surface area contributed by atoms with Crippen molar-refractivity contribution in [3.63, 3.8) is 0 Å². The average molecular weight is 425 g/mol. The summed E-state index contributed by atoms with van der Waals surface area (Å²) in [5, 5.41) is 9.48. The molecule has 1 aliphatic heterocycles. The highest BCUT2D eigenvalue weighted by molar-refractivity contribution is 7.98. The number of hydrogen-bond donors (Lipinski definition) is 0. The average Bonchev–Trinajstić information content (AvgIpc) is 3.41. The van der Waals surface area contributed by atoms with Crippen LogP contribution in [0.1, 0.15) is 17.4 Å². The predicted octanol–water partition coefficient (Wildman–Crippen LogP) is 5.25. The van der Waals surface area contributed by atoms with Gasteiger partial charge in [0.2, 0.25) is 5.82 Å². The topological polar surface area (TPSA) is 66.0 Å². The highest BCUT2D eigenvalue weighted by Gasteiger charge is 2.24. The second-order valence-electron chi connectivity index (χ2n) is 6.71. The number of ether oxygens (including phenoxy) is 1. The molecule has 1 aliphatic rings. The van der Waals surface area contributed by atoms with Crippen LogP contribution in [0.15, 0.2) is 64.0 Å². The summed E-state index contributed by atoms with van der Waals surface area (Å²) in [6.07, 6.45) is 1.98. The summed E-state index contributed by atoms with van der Waals surface area (Å²) in [6, 6.07) is 17.7. The Morgan fingerprint density at radius 2 is 1.90 bits per heavy atom. The molecule has 0 fully saturated rings. The van der Waals surface area contributed by atoms with Gasteiger partial charge in [-0.05, 0) is 54.3 Å². The first-order valence-electron chi connectivity index (χ1n) is 9.12. The molecule has 0 radical (unpaired) electrons. The van der Waals surface area contributed by atoms with E-state index in [4.69, 9.17) is 20.9 Å². The van der Waals surface area contributed by atoms with E-state index in [-0.39, 0.29) is 6.10 Å². The van der Waals surface area contributed by atoms with E-state index in [9.17, 15) is 0 Å². The molecule has 1 unspecified atom stereocenters. The zero-order valence-electron chi connectivity index (χ0n) is 15.6. The molecule has 0 aliphatic carbocycles. The van der Waals surface area contributed by atoms with Crippen LogP contribution < -0.4 is 0 Å². The first kappa shape index (κ1) is 18.4. The molecular formula is C21H17ClN4O2S. The molecule has 3 heterocycles. The van der Waals surface area contributed by atoms with Crippen LogP contribution in [0.4, 0.5) is 0 Å². The summed E-state index contributed by atoms with van der Waals surface area (Å²) >= 11 is 7.68. The lowest BCUT2D eigenvalue weighted by Crippen LogP contribution is -2.21. The first-order valence-corrected chi connectivity index (χ1v) is 10.7. The molecule has 2 aromatic carbocycles. The molecule has 1 atom stereocenters. The maximum Gasteiger partial charge on any atom is 0.278 e. The molecule has 2 aromatic heterocycles. The van der Waals surface area contributed by atoms with E-state index in [2.05, 4.69) is 15.2 Å². The van der Waals surface area contributed by atoms with Gasteiger partial charge in [-0.3, -0.25) is 4.68 Å². The van der Waals surface area contributed by atoms with Crippen molar-refractivity contribution in [3.05, 3.63) is 70.9 Å². The fourth-order valence-electron chi connectivity index (χ4n) is 3.29. The van der Waals surface area contributed by atoms with Gasteiger partial charge in [0.15, 0.2) is 5.69 Å². The quantitative estimate of drug-likeness (QED) is 0.417. The Balaban J connectivity index is 1.37. The first-order chi connectivity index (χ1) is 14.2. The van der Waals surface area contributed by atoms with Gasteiger partial charge in [0.1, 0.15) is 6.10 Å². The van der Waals surface area contributed by atoms with Gasteiger partial charge in [0.05, 0.1) is 18.8 Å². The molecule has 146 valence electrons. The number of fused-ring (bicyclic) bond motifs is 1. The van der Waals surface area contributed by atoms with Crippen molar-refractivity contribution in [1.29, 1.82) is 0 Å². The fourth-order valence-corrected chi connectivity index (χ4v) is 3.83. The normalized spacial score (nSPS) is 16.0. The smallest absolute Gasteiger partial charge is 0.278 e. The number of halogens is 1. The lowest BCUT2D eigenvalue weighted by atomic mass is 10.1. The van der Waals surface area contributed by atoms with Crippen molar-refractivity contribution < 1.29 is 9.26 Å². The molecule has 0 amide bonds. The molecule has 29 heavy (non-hydrogen) atoms. The molecule has 6 nitrogen and oxygen atoms in total. The van der Waals surface area contributed by atoms with Gasteiger partial charge in [0, 0.05) is 15.5 Å². The Labute approximate surface area is 176 Å². The van der Waals surface area contributed by atoms with Gasteiger partial charge in [-0.25, -0.2) is 0 Å². The Morgan fingerprint density at radius 3 is 2.66 bits per heavy atom. The van der Waals surface area contributed by atoms with E-state index in [0.717, 1.165) is 16.8 Å². The lowest BCUT2D eigenvalue weighted by Gasteiger charge is -2.24. The summed E-state index contributed by atoms with van der Waals surface area (Å²) in [4.78, 5) is 5.71. The maximum absolute atomic E-state index is 6.00. The number of aromatic nitrogens is 4. The minimum atomic E-state index is -0.0688. The Kier molecular flexibility index (Phi) is 4.87. The molecular weight excluding hydrogens is 408 g/mol. The summed E-state index contributed by atoms with van der Waals surface area (Å²) in [5.41, 5.74) is 3.62. The van der Waals surface area contributed by atoms with Gasteiger partial charge in [-0.15, -0.1) is 11.8 Å². The van der Waals surface area contributed by atoms with Crippen LogP contribution in [0.25, 0.3) is 23.0 Å². The number of nitrogens with zero attached hydrogens (tertiary/aromatic N) is 4. The van der Waals surface area contributed by atoms with Crippen molar-refractivity contribution in [2.45, 2.75) is 24.2 Å². The molecule has 5 rings (SSSR count). The van der Waals surface area contributed by atoms with Crippen molar-refractivity contribution in [3.8, 4) is 23.0 Å². The van der Waals surface area contributed by atoms with Crippen molar-refractivity contribution >= 4 is 23.4 Å². The Bertz CT molecular complexity index is 1140. The van der Waals surface area contributed by atoms with Gasteiger partial charge < -0.3 is 9.26 Å². The van der Waals surface area contributed by atoms with E-state index in [1.165, 1.54) is 4.90 Å². The van der Waals surface area contributed by atoms with E-state index >= 15 is 0 Å². The Hall–Kier alpha value is -2.61. The monoisotopic (exact) mass is 424 g/mol. The second-order valence-corrected chi connectivity index (χ2v) is 8.02. The molecule has 0 N–H and O–H groups in total.